The Labute approximate surface area is 214 Å². The van der Waals surface area contributed by atoms with E-state index >= 15 is 0 Å². The van der Waals surface area contributed by atoms with Crippen molar-refractivity contribution in [1.29, 1.82) is 0 Å². The van der Waals surface area contributed by atoms with E-state index in [-0.39, 0.29) is 33.8 Å². The second kappa shape index (κ2) is 10.8. The van der Waals surface area contributed by atoms with Gasteiger partial charge in [-0.05, 0) is 76.7 Å². The molecule has 0 amide bonds. The van der Waals surface area contributed by atoms with Crippen molar-refractivity contribution in [2.24, 2.45) is 5.92 Å². The highest BCUT2D eigenvalue weighted by Crippen LogP contribution is 2.40. The summed E-state index contributed by atoms with van der Waals surface area (Å²) < 4.78 is 0. The van der Waals surface area contributed by atoms with Gasteiger partial charge in [0.2, 0.25) is 0 Å². The van der Waals surface area contributed by atoms with Gasteiger partial charge in [-0.3, -0.25) is 0 Å². The molecular weight excluding hydrogens is 448 g/mol. The quantitative estimate of drug-likeness (QED) is 0.237. The average Bonchev–Trinajstić information content (AvgIpc) is 2.85. The molecule has 4 aromatic rings. The zero-order valence-corrected chi connectivity index (χ0v) is 21.6. The minimum atomic E-state index is -0.151. The van der Waals surface area contributed by atoms with Crippen LogP contribution < -0.4 is 0 Å². The van der Waals surface area contributed by atoms with Gasteiger partial charge in [-0.1, -0.05) is 83.1 Å². The lowest BCUT2D eigenvalue weighted by molar-refractivity contribution is 0.403. The molecule has 4 nitrogen and oxygen atoms in total. The molecule has 0 aliphatic rings. The van der Waals surface area contributed by atoms with E-state index < -0.39 is 0 Å². The Morgan fingerprint density at radius 1 is 0.417 bits per heavy atom. The van der Waals surface area contributed by atoms with Crippen LogP contribution in [0.5, 0.6) is 23.0 Å². The summed E-state index contributed by atoms with van der Waals surface area (Å²) in [7, 11) is 0. The molecule has 4 aromatic carbocycles. The van der Waals surface area contributed by atoms with E-state index in [2.05, 4.69) is 34.6 Å². The van der Waals surface area contributed by atoms with Crippen molar-refractivity contribution in [3.05, 3.63) is 119 Å². The summed E-state index contributed by atoms with van der Waals surface area (Å²) in [4.78, 5) is 0. The number of benzene rings is 4. The van der Waals surface area contributed by atoms with Crippen molar-refractivity contribution >= 4 is 0 Å². The van der Waals surface area contributed by atoms with Gasteiger partial charge in [-0.25, -0.2) is 0 Å². The first-order valence-electron chi connectivity index (χ1n) is 12.1. The minimum Gasteiger partial charge on any atom is -0.508 e. The van der Waals surface area contributed by atoms with Crippen LogP contribution in [0.25, 0.3) is 0 Å². The van der Waals surface area contributed by atoms with Gasteiger partial charge in [0, 0.05) is 10.8 Å². The molecule has 0 saturated heterocycles. The van der Waals surface area contributed by atoms with E-state index in [9.17, 15) is 20.4 Å². The summed E-state index contributed by atoms with van der Waals surface area (Å²) >= 11 is 0. The summed E-state index contributed by atoms with van der Waals surface area (Å²) in [6, 6.07) is 29.2. The van der Waals surface area contributed by atoms with Crippen molar-refractivity contribution in [2.75, 3.05) is 0 Å². The fourth-order valence-corrected chi connectivity index (χ4v) is 4.37. The molecule has 0 atom stereocenters. The van der Waals surface area contributed by atoms with Crippen LogP contribution in [0.15, 0.2) is 97.1 Å². The van der Waals surface area contributed by atoms with Crippen LogP contribution in [0.2, 0.25) is 0 Å². The Hall–Kier alpha value is -3.92. The van der Waals surface area contributed by atoms with Crippen molar-refractivity contribution in [3.63, 3.8) is 0 Å². The topological polar surface area (TPSA) is 80.9 Å². The molecule has 4 rings (SSSR count). The van der Waals surface area contributed by atoms with E-state index in [4.69, 9.17) is 0 Å². The van der Waals surface area contributed by atoms with E-state index in [1.54, 1.807) is 48.5 Å². The maximum absolute atomic E-state index is 9.43. The van der Waals surface area contributed by atoms with Gasteiger partial charge in [0.05, 0.1) is 0 Å². The standard InChI is InChI=1S/C17H20O2.C15H16O2/c1-12(2)17(3,13-4-8-15(18)9-5-13)14-6-10-16(19)11-7-14;1-15(2,11-3-7-13(16)8-4-11)12-5-9-14(17)10-6-12/h4-12,18-19H,1-3H3;3-10,16-17H,1-2H3. The largest absolute Gasteiger partial charge is 0.508 e. The lowest BCUT2D eigenvalue weighted by Crippen LogP contribution is -2.29. The Morgan fingerprint density at radius 3 is 0.861 bits per heavy atom. The van der Waals surface area contributed by atoms with Crippen LogP contribution in [0.3, 0.4) is 0 Å². The number of phenols is 4. The van der Waals surface area contributed by atoms with Crippen molar-refractivity contribution < 1.29 is 20.4 Å². The van der Waals surface area contributed by atoms with Crippen LogP contribution >= 0.6 is 0 Å². The second-order valence-electron chi connectivity index (χ2n) is 10.2. The first-order valence-corrected chi connectivity index (χ1v) is 12.1. The Morgan fingerprint density at radius 2 is 0.639 bits per heavy atom. The van der Waals surface area contributed by atoms with Crippen molar-refractivity contribution in [3.8, 4) is 23.0 Å². The summed E-state index contributed by atoms with van der Waals surface area (Å²) in [6.45, 7) is 10.8. The third kappa shape index (κ3) is 5.83. The van der Waals surface area contributed by atoms with Crippen LogP contribution in [0.1, 0.15) is 56.9 Å². The third-order valence-electron chi connectivity index (χ3n) is 7.27. The Kier molecular flexibility index (Phi) is 7.99. The molecule has 0 unspecified atom stereocenters. The molecular formula is C32H36O4. The SMILES string of the molecule is CC(C)(c1ccc(O)cc1)c1ccc(O)cc1.CC(C)C(C)(c1ccc(O)cc1)c1ccc(O)cc1. The van der Waals surface area contributed by atoms with Gasteiger partial charge in [-0.2, -0.15) is 0 Å². The zero-order chi connectivity index (χ0) is 26.5. The van der Waals surface area contributed by atoms with Crippen LogP contribution in [-0.4, -0.2) is 20.4 Å². The Balaban J connectivity index is 0.000000202. The van der Waals surface area contributed by atoms with E-state index in [0.29, 0.717) is 5.92 Å². The minimum absolute atomic E-state index is 0.151. The first-order chi connectivity index (χ1) is 16.9. The van der Waals surface area contributed by atoms with Crippen LogP contribution in [0.4, 0.5) is 0 Å². The predicted molar refractivity (Wildman–Crippen MR) is 146 cm³/mol. The maximum Gasteiger partial charge on any atom is 0.115 e. The second-order valence-corrected chi connectivity index (χ2v) is 10.2. The highest BCUT2D eigenvalue weighted by Gasteiger charge is 2.32. The first kappa shape index (κ1) is 26.7. The van der Waals surface area contributed by atoms with Crippen molar-refractivity contribution in [2.45, 2.75) is 45.4 Å². The van der Waals surface area contributed by atoms with Gasteiger partial charge in [0.1, 0.15) is 23.0 Å². The summed E-state index contributed by atoms with van der Waals surface area (Å²) in [5.41, 5.74) is 4.27. The highest BCUT2D eigenvalue weighted by atomic mass is 16.3. The molecule has 0 radical (unpaired) electrons. The number of aromatic hydroxyl groups is 4. The summed E-state index contributed by atoms with van der Waals surface area (Å²) in [5, 5.41) is 37.5. The van der Waals surface area contributed by atoms with Gasteiger partial charge < -0.3 is 20.4 Å². The molecule has 0 spiro atoms. The number of hydrogen-bond donors (Lipinski definition) is 4. The lowest BCUT2D eigenvalue weighted by Gasteiger charge is -2.35. The van der Waals surface area contributed by atoms with Crippen LogP contribution in [-0.2, 0) is 10.8 Å². The molecule has 0 aliphatic heterocycles. The summed E-state index contributed by atoms with van der Waals surface area (Å²) in [5.74, 6) is 1.49. The van der Waals surface area contributed by atoms with E-state index in [1.165, 1.54) is 0 Å². The average molecular weight is 485 g/mol. The van der Waals surface area contributed by atoms with Crippen molar-refractivity contribution in [1.82, 2.24) is 0 Å². The van der Waals surface area contributed by atoms with Gasteiger partial charge in [0.15, 0.2) is 0 Å². The van der Waals surface area contributed by atoms with Gasteiger partial charge in [0.25, 0.3) is 0 Å². The van der Waals surface area contributed by atoms with E-state index in [0.717, 1.165) is 22.3 Å². The molecule has 0 aliphatic carbocycles. The van der Waals surface area contributed by atoms with Gasteiger partial charge in [-0.15, -0.1) is 0 Å². The molecule has 0 heterocycles. The zero-order valence-electron chi connectivity index (χ0n) is 21.6. The normalized spacial score (nSPS) is 11.6. The van der Waals surface area contributed by atoms with Gasteiger partial charge >= 0.3 is 0 Å². The molecule has 4 heteroatoms. The third-order valence-corrected chi connectivity index (χ3v) is 7.27. The molecule has 188 valence electrons. The summed E-state index contributed by atoms with van der Waals surface area (Å²) in [6.07, 6.45) is 0. The molecule has 0 saturated carbocycles. The lowest BCUT2D eigenvalue weighted by atomic mass is 9.68. The Bertz CT molecular complexity index is 1140. The number of phenolic OH excluding ortho intramolecular Hbond substituents is 4. The number of hydrogen-bond acceptors (Lipinski definition) is 4. The van der Waals surface area contributed by atoms with E-state index in [1.807, 2.05) is 48.5 Å². The molecule has 36 heavy (non-hydrogen) atoms. The highest BCUT2D eigenvalue weighted by molar-refractivity contribution is 5.43. The molecule has 4 N–H and O–H groups in total. The fraction of sp³-hybridized carbons (Fsp3) is 0.250. The predicted octanol–water partition coefficient (Wildman–Crippen LogP) is 7.48. The molecule has 0 aromatic heterocycles. The number of rotatable bonds is 5. The molecule has 0 fully saturated rings. The smallest absolute Gasteiger partial charge is 0.115 e. The molecule has 0 bridgehead atoms. The maximum atomic E-state index is 9.43. The fourth-order valence-electron chi connectivity index (χ4n) is 4.37. The monoisotopic (exact) mass is 484 g/mol. The van der Waals surface area contributed by atoms with Crippen LogP contribution in [0, 0.1) is 5.92 Å².